The van der Waals surface area contributed by atoms with Crippen molar-refractivity contribution in [3.05, 3.63) is 42.4 Å². The molecule has 0 saturated heterocycles. The lowest BCUT2D eigenvalue weighted by molar-refractivity contribution is -0.114. The molecule has 1 nitrogen and oxygen atoms in total. The van der Waals surface area contributed by atoms with E-state index in [4.69, 9.17) is 0 Å². The monoisotopic (exact) mass is 161 g/mol. The van der Waals surface area contributed by atoms with Crippen molar-refractivity contribution in [2.45, 2.75) is 19.8 Å². The summed E-state index contributed by atoms with van der Waals surface area (Å²) < 4.78 is 0. The lowest BCUT2D eigenvalue weighted by atomic mass is 10.1. The molecule has 1 aliphatic carbocycles. The van der Waals surface area contributed by atoms with Gasteiger partial charge in [0.05, 0.1) is 0 Å². The van der Waals surface area contributed by atoms with E-state index >= 15 is 0 Å². The van der Waals surface area contributed by atoms with Gasteiger partial charge in [-0.25, -0.2) is 0 Å². The molecule has 0 heterocycles. The predicted octanol–water partition coefficient (Wildman–Crippen LogP) is 2.61. The second-order valence-electron chi connectivity index (χ2n) is 2.86. The highest BCUT2D eigenvalue weighted by Gasteiger charge is 2.18. The number of Topliss-reactive ketones (excluding diaryl/α,β-unsaturated/α-hetero) is 1. The third-order valence-electron chi connectivity index (χ3n) is 2.00. The standard InChI is InChI=1S/C11H13O/c1-3-4-5-6-10-9(2)7-8-11(10)12/h3-5,7H,1,6,8H2,2H3/b5-4-. The van der Waals surface area contributed by atoms with Crippen molar-refractivity contribution >= 4 is 5.78 Å². The Morgan fingerprint density at radius 2 is 2.42 bits per heavy atom. The molecule has 0 aromatic carbocycles. The summed E-state index contributed by atoms with van der Waals surface area (Å²) in [5.41, 5.74) is 2.09. The average Bonchev–Trinajstić information content (AvgIpc) is 2.35. The lowest BCUT2D eigenvalue weighted by Gasteiger charge is -1.95. The van der Waals surface area contributed by atoms with Crippen molar-refractivity contribution < 1.29 is 4.79 Å². The van der Waals surface area contributed by atoms with Gasteiger partial charge in [-0.05, 0) is 25.3 Å². The zero-order valence-electron chi connectivity index (χ0n) is 7.34. The first-order valence-corrected chi connectivity index (χ1v) is 4.09. The largest absolute Gasteiger partial charge is 0.295 e. The molecule has 63 valence electrons. The Morgan fingerprint density at radius 1 is 1.67 bits per heavy atom. The molecule has 0 amide bonds. The van der Waals surface area contributed by atoms with Crippen LogP contribution in [0.4, 0.5) is 0 Å². The van der Waals surface area contributed by atoms with E-state index in [1.807, 2.05) is 25.5 Å². The van der Waals surface area contributed by atoms with Crippen molar-refractivity contribution in [1.82, 2.24) is 0 Å². The quantitative estimate of drug-likeness (QED) is 0.581. The molecule has 1 radical (unpaired) electrons. The predicted molar refractivity (Wildman–Crippen MR) is 50.6 cm³/mol. The van der Waals surface area contributed by atoms with Gasteiger partial charge in [0.25, 0.3) is 0 Å². The van der Waals surface area contributed by atoms with Crippen molar-refractivity contribution in [1.29, 1.82) is 0 Å². The second kappa shape index (κ2) is 4.05. The Kier molecular flexibility index (Phi) is 3.03. The summed E-state index contributed by atoms with van der Waals surface area (Å²) >= 11 is 0. The van der Waals surface area contributed by atoms with Crippen LogP contribution in [0.1, 0.15) is 19.8 Å². The van der Waals surface area contributed by atoms with Crippen LogP contribution in [0.15, 0.2) is 36.0 Å². The second-order valence-corrected chi connectivity index (χ2v) is 2.86. The topological polar surface area (TPSA) is 17.1 Å². The molecule has 0 unspecified atom stereocenters. The first-order valence-electron chi connectivity index (χ1n) is 4.09. The average molecular weight is 161 g/mol. The van der Waals surface area contributed by atoms with Gasteiger partial charge in [-0.15, -0.1) is 0 Å². The Balaban J connectivity index is 2.61. The minimum atomic E-state index is 0.265. The smallest absolute Gasteiger partial charge is 0.159 e. The third-order valence-corrected chi connectivity index (χ3v) is 2.00. The Labute approximate surface area is 73.5 Å². The van der Waals surface area contributed by atoms with Gasteiger partial charge in [0.2, 0.25) is 0 Å². The van der Waals surface area contributed by atoms with E-state index in [0.29, 0.717) is 6.42 Å². The molecule has 0 aromatic heterocycles. The van der Waals surface area contributed by atoms with Gasteiger partial charge < -0.3 is 0 Å². The van der Waals surface area contributed by atoms with Crippen LogP contribution < -0.4 is 0 Å². The first-order chi connectivity index (χ1) is 5.75. The van der Waals surface area contributed by atoms with E-state index in [2.05, 4.69) is 6.58 Å². The number of allylic oxidation sites excluding steroid dienone is 5. The van der Waals surface area contributed by atoms with E-state index in [9.17, 15) is 4.79 Å². The zero-order chi connectivity index (χ0) is 8.97. The minimum Gasteiger partial charge on any atom is -0.295 e. The number of hydrogen-bond donors (Lipinski definition) is 0. The van der Waals surface area contributed by atoms with Gasteiger partial charge in [-0.3, -0.25) is 4.79 Å². The molecule has 0 spiro atoms. The first kappa shape index (κ1) is 8.98. The molecule has 0 atom stereocenters. The van der Waals surface area contributed by atoms with E-state index in [1.54, 1.807) is 6.08 Å². The number of ketones is 1. The fourth-order valence-electron chi connectivity index (χ4n) is 1.27. The number of hydrogen-bond acceptors (Lipinski definition) is 1. The molecule has 0 saturated carbocycles. The SMILES string of the molecule is C=C/C=C\CC1=C(C)[CH]CC1=O. The molecule has 12 heavy (non-hydrogen) atoms. The molecule has 0 aliphatic heterocycles. The fraction of sp³-hybridized carbons (Fsp3) is 0.273. The summed E-state index contributed by atoms with van der Waals surface area (Å²) in [7, 11) is 0. The van der Waals surface area contributed by atoms with Crippen LogP contribution in [-0.4, -0.2) is 5.78 Å². The molecular formula is C11H13O. The molecule has 0 N–H and O–H groups in total. The number of carbonyl (C=O) groups is 1. The summed E-state index contributed by atoms with van der Waals surface area (Å²) in [6.07, 6.45) is 8.86. The normalized spacial score (nSPS) is 17.9. The van der Waals surface area contributed by atoms with E-state index in [-0.39, 0.29) is 5.78 Å². The van der Waals surface area contributed by atoms with Gasteiger partial charge in [-0.1, -0.05) is 30.4 Å². The Morgan fingerprint density at radius 3 is 2.92 bits per heavy atom. The van der Waals surface area contributed by atoms with Gasteiger partial charge in [0.1, 0.15) is 0 Å². The van der Waals surface area contributed by atoms with E-state index in [1.165, 1.54) is 0 Å². The summed E-state index contributed by atoms with van der Waals surface area (Å²) in [5, 5.41) is 0. The molecule has 1 heteroatoms. The Bertz CT molecular complexity index is 256. The van der Waals surface area contributed by atoms with E-state index < -0.39 is 0 Å². The Hall–Kier alpha value is -1.11. The van der Waals surface area contributed by atoms with Crippen LogP contribution in [0, 0.1) is 6.42 Å². The van der Waals surface area contributed by atoms with Crippen molar-refractivity contribution in [2.24, 2.45) is 0 Å². The maximum atomic E-state index is 11.2. The molecule has 1 aliphatic rings. The van der Waals surface area contributed by atoms with Crippen LogP contribution in [0.25, 0.3) is 0 Å². The van der Waals surface area contributed by atoms with Gasteiger partial charge >= 0.3 is 0 Å². The molecule has 0 aromatic rings. The van der Waals surface area contributed by atoms with Crippen LogP contribution in [0.5, 0.6) is 0 Å². The highest BCUT2D eigenvalue weighted by Crippen LogP contribution is 2.23. The molecule has 0 bridgehead atoms. The van der Waals surface area contributed by atoms with Crippen LogP contribution in [0.3, 0.4) is 0 Å². The summed E-state index contributed by atoms with van der Waals surface area (Å²) in [4.78, 5) is 11.2. The minimum absolute atomic E-state index is 0.265. The van der Waals surface area contributed by atoms with Gasteiger partial charge in [0.15, 0.2) is 5.78 Å². The maximum Gasteiger partial charge on any atom is 0.159 e. The van der Waals surface area contributed by atoms with Crippen molar-refractivity contribution in [3.63, 3.8) is 0 Å². The lowest BCUT2D eigenvalue weighted by Crippen LogP contribution is -1.94. The summed E-state index contributed by atoms with van der Waals surface area (Å²) in [5.74, 6) is 0.265. The summed E-state index contributed by atoms with van der Waals surface area (Å²) in [6.45, 7) is 5.56. The fourth-order valence-corrected chi connectivity index (χ4v) is 1.27. The van der Waals surface area contributed by atoms with Crippen LogP contribution in [-0.2, 0) is 4.79 Å². The van der Waals surface area contributed by atoms with Gasteiger partial charge in [0, 0.05) is 6.42 Å². The van der Waals surface area contributed by atoms with Gasteiger partial charge in [-0.2, -0.15) is 0 Å². The number of carbonyl (C=O) groups excluding carboxylic acids is 1. The molecular weight excluding hydrogens is 148 g/mol. The highest BCUT2D eigenvalue weighted by atomic mass is 16.1. The summed E-state index contributed by atoms with van der Waals surface area (Å²) in [6, 6.07) is 0. The molecule has 1 rings (SSSR count). The number of rotatable bonds is 3. The zero-order valence-corrected chi connectivity index (χ0v) is 7.34. The molecule has 0 fully saturated rings. The third kappa shape index (κ3) is 1.94. The van der Waals surface area contributed by atoms with Crippen molar-refractivity contribution in [2.75, 3.05) is 0 Å². The van der Waals surface area contributed by atoms with Crippen LogP contribution >= 0.6 is 0 Å². The highest BCUT2D eigenvalue weighted by molar-refractivity contribution is 6.00. The maximum absolute atomic E-state index is 11.2. The van der Waals surface area contributed by atoms with Crippen LogP contribution in [0.2, 0.25) is 0 Å². The van der Waals surface area contributed by atoms with E-state index in [0.717, 1.165) is 17.6 Å². The van der Waals surface area contributed by atoms with Crippen molar-refractivity contribution in [3.8, 4) is 0 Å².